The van der Waals surface area contributed by atoms with Crippen LogP contribution in [-0.4, -0.2) is 14.5 Å². The molecule has 1 rings (SSSR count). The van der Waals surface area contributed by atoms with Gasteiger partial charge in [0.1, 0.15) is 0 Å². The van der Waals surface area contributed by atoms with E-state index in [0.717, 1.165) is 9.35 Å². The van der Waals surface area contributed by atoms with Crippen molar-refractivity contribution in [3.8, 4) is 0 Å². The van der Waals surface area contributed by atoms with Gasteiger partial charge in [-0.3, -0.25) is 0 Å². The summed E-state index contributed by atoms with van der Waals surface area (Å²) in [6.07, 6.45) is 0. The van der Waals surface area contributed by atoms with Gasteiger partial charge in [0.2, 0.25) is 0 Å². The molecule has 0 aliphatic rings. The summed E-state index contributed by atoms with van der Waals surface area (Å²) in [4.78, 5) is 0.969. The highest BCUT2D eigenvalue weighted by molar-refractivity contribution is 9.10. The fraction of sp³-hybridized carbons (Fsp3) is 0.500. The second-order valence-electron chi connectivity index (χ2n) is 3.33. The molecule has 1 aromatic heterocycles. The van der Waals surface area contributed by atoms with Crippen LogP contribution in [0.2, 0.25) is 0 Å². The van der Waals surface area contributed by atoms with Crippen LogP contribution < -0.4 is 9.44 Å². The minimum atomic E-state index is -3.38. The number of hydrogen-bond acceptors (Lipinski definition) is 3. The Hall–Kier alpha value is 0.0500. The maximum absolute atomic E-state index is 11.4. The van der Waals surface area contributed by atoms with Crippen molar-refractivity contribution < 1.29 is 8.42 Å². The molecule has 0 fully saturated rings. The zero-order chi connectivity index (χ0) is 11.5. The fourth-order valence-corrected chi connectivity index (χ4v) is 3.50. The van der Waals surface area contributed by atoms with Gasteiger partial charge in [0.15, 0.2) is 0 Å². The highest BCUT2D eigenvalue weighted by atomic mass is 79.9. The molecule has 0 aliphatic heterocycles. The number of halogens is 1. The lowest BCUT2D eigenvalue weighted by atomic mass is 10.4. The van der Waals surface area contributed by atoms with Crippen molar-refractivity contribution in [1.29, 1.82) is 0 Å². The van der Waals surface area contributed by atoms with E-state index in [9.17, 15) is 8.42 Å². The second-order valence-corrected chi connectivity index (χ2v) is 6.77. The summed E-state index contributed by atoms with van der Waals surface area (Å²) >= 11 is 4.82. The number of thiophene rings is 1. The summed E-state index contributed by atoms with van der Waals surface area (Å²) < 4.78 is 28.7. The first-order valence-corrected chi connectivity index (χ1v) is 7.54. The van der Waals surface area contributed by atoms with E-state index in [4.69, 9.17) is 0 Å². The van der Waals surface area contributed by atoms with Gasteiger partial charge < -0.3 is 0 Å². The summed E-state index contributed by atoms with van der Waals surface area (Å²) in [6, 6.07) is 1.79. The average molecular weight is 313 g/mol. The van der Waals surface area contributed by atoms with Gasteiger partial charge in [-0.15, -0.1) is 11.3 Å². The molecule has 0 unspecified atom stereocenters. The van der Waals surface area contributed by atoms with E-state index in [1.165, 1.54) is 11.3 Å². The molecule has 0 amide bonds. The van der Waals surface area contributed by atoms with Crippen LogP contribution in [0, 0.1) is 0 Å². The standard InChI is InChI=1S/C8H13BrN2O2S2/c1-6(2)11-15(12,13)10-4-8-3-7(9)5-14-8/h3,5-6,10-11H,4H2,1-2H3. The lowest BCUT2D eigenvalue weighted by Crippen LogP contribution is -2.39. The third-order valence-corrected chi connectivity index (χ3v) is 4.45. The zero-order valence-corrected chi connectivity index (χ0v) is 11.7. The Bertz CT molecular complexity index is 414. The van der Waals surface area contributed by atoms with Crippen LogP contribution in [0.3, 0.4) is 0 Å². The molecule has 1 heterocycles. The molecule has 0 spiro atoms. The molecule has 1 aromatic rings. The van der Waals surface area contributed by atoms with E-state index in [1.807, 2.05) is 11.4 Å². The molecule has 0 bridgehead atoms. The summed E-state index contributed by atoms with van der Waals surface area (Å²) in [7, 11) is -3.38. The Morgan fingerprint density at radius 2 is 2.20 bits per heavy atom. The molecule has 7 heteroatoms. The fourth-order valence-electron chi connectivity index (χ4n) is 0.965. The molecule has 0 saturated carbocycles. The highest BCUT2D eigenvalue weighted by Crippen LogP contribution is 2.19. The van der Waals surface area contributed by atoms with Crippen LogP contribution in [0.15, 0.2) is 15.9 Å². The second kappa shape index (κ2) is 5.40. The van der Waals surface area contributed by atoms with Crippen molar-refractivity contribution >= 4 is 37.5 Å². The van der Waals surface area contributed by atoms with Gasteiger partial charge in [0, 0.05) is 27.3 Å². The molecule has 0 radical (unpaired) electrons. The van der Waals surface area contributed by atoms with Crippen molar-refractivity contribution in [1.82, 2.24) is 9.44 Å². The molecule has 4 nitrogen and oxygen atoms in total. The first-order valence-electron chi connectivity index (χ1n) is 4.39. The van der Waals surface area contributed by atoms with E-state index in [-0.39, 0.29) is 6.04 Å². The predicted octanol–water partition coefficient (Wildman–Crippen LogP) is 1.84. The maximum Gasteiger partial charge on any atom is 0.277 e. The van der Waals surface area contributed by atoms with Crippen molar-refractivity contribution in [2.24, 2.45) is 0 Å². The van der Waals surface area contributed by atoms with E-state index < -0.39 is 10.2 Å². The minimum absolute atomic E-state index is 0.0995. The number of rotatable bonds is 5. The molecule has 0 aromatic carbocycles. The predicted molar refractivity (Wildman–Crippen MR) is 66.1 cm³/mol. The minimum Gasteiger partial charge on any atom is -0.200 e. The summed E-state index contributed by atoms with van der Waals surface area (Å²) in [5.41, 5.74) is 0. The lowest BCUT2D eigenvalue weighted by Gasteiger charge is -2.09. The van der Waals surface area contributed by atoms with Crippen LogP contribution in [0.25, 0.3) is 0 Å². The maximum atomic E-state index is 11.4. The summed E-state index contributed by atoms with van der Waals surface area (Å²) in [5, 5.41) is 1.92. The Balaban J connectivity index is 2.50. The molecule has 86 valence electrons. The third kappa shape index (κ3) is 5.07. The van der Waals surface area contributed by atoms with Crippen LogP contribution in [0.5, 0.6) is 0 Å². The van der Waals surface area contributed by atoms with Gasteiger partial charge in [-0.05, 0) is 35.8 Å². The van der Waals surface area contributed by atoms with Crippen molar-refractivity contribution in [2.75, 3.05) is 0 Å². The van der Waals surface area contributed by atoms with E-state index in [0.29, 0.717) is 6.54 Å². The SMILES string of the molecule is CC(C)NS(=O)(=O)NCc1cc(Br)cs1. The first-order chi connectivity index (χ1) is 6.89. The van der Waals surface area contributed by atoms with Crippen LogP contribution in [-0.2, 0) is 16.8 Å². The van der Waals surface area contributed by atoms with Gasteiger partial charge in [-0.1, -0.05) is 0 Å². The van der Waals surface area contributed by atoms with Crippen LogP contribution in [0.1, 0.15) is 18.7 Å². The van der Waals surface area contributed by atoms with Crippen molar-refractivity contribution in [2.45, 2.75) is 26.4 Å². The smallest absolute Gasteiger partial charge is 0.200 e. The van der Waals surface area contributed by atoms with Crippen LogP contribution in [0.4, 0.5) is 0 Å². The number of hydrogen-bond donors (Lipinski definition) is 2. The molecule has 15 heavy (non-hydrogen) atoms. The van der Waals surface area contributed by atoms with Crippen LogP contribution >= 0.6 is 27.3 Å². The quantitative estimate of drug-likeness (QED) is 0.871. The molecule has 0 atom stereocenters. The Morgan fingerprint density at radius 1 is 1.53 bits per heavy atom. The van der Waals surface area contributed by atoms with E-state index >= 15 is 0 Å². The van der Waals surface area contributed by atoms with Gasteiger partial charge in [-0.2, -0.15) is 17.9 Å². The van der Waals surface area contributed by atoms with Crippen molar-refractivity contribution in [3.05, 3.63) is 20.8 Å². The Kier molecular flexibility index (Phi) is 4.72. The zero-order valence-electron chi connectivity index (χ0n) is 8.45. The molecule has 2 N–H and O–H groups in total. The molecular weight excluding hydrogens is 300 g/mol. The normalized spacial score (nSPS) is 12.3. The first kappa shape index (κ1) is 13.1. The Morgan fingerprint density at radius 3 is 2.67 bits per heavy atom. The number of nitrogens with one attached hydrogen (secondary N) is 2. The summed E-state index contributed by atoms with van der Waals surface area (Å²) in [6.45, 7) is 3.88. The third-order valence-electron chi connectivity index (χ3n) is 1.45. The Labute approximate surface area is 102 Å². The highest BCUT2D eigenvalue weighted by Gasteiger charge is 2.10. The van der Waals surface area contributed by atoms with E-state index in [2.05, 4.69) is 25.4 Å². The molecule has 0 saturated heterocycles. The van der Waals surface area contributed by atoms with Gasteiger partial charge in [0.25, 0.3) is 10.2 Å². The molecular formula is C8H13BrN2O2S2. The van der Waals surface area contributed by atoms with Crippen molar-refractivity contribution in [3.63, 3.8) is 0 Å². The van der Waals surface area contributed by atoms with Gasteiger partial charge >= 0.3 is 0 Å². The van der Waals surface area contributed by atoms with Gasteiger partial charge in [-0.25, -0.2) is 0 Å². The monoisotopic (exact) mass is 312 g/mol. The lowest BCUT2D eigenvalue weighted by molar-refractivity contribution is 0.555. The molecule has 0 aliphatic carbocycles. The average Bonchev–Trinajstić information content (AvgIpc) is 2.46. The van der Waals surface area contributed by atoms with E-state index in [1.54, 1.807) is 13.8 Å². The largest absolute Gasteiger partial charge is 0.277 e. The van der Waals surface area contributed by atoms with Gasteiger partial charge in [0.05, 0.1) is 0 Å². The summed E-state index contributed by atoms with van der Waals surface area (Å²) in [5.74, 6) is 0. The topological polar surface area (TPSA) is 58.2 Å².